The summed E-state index contributed by atoms with van der Waals surface area (Å²) in [6, 6.07) is 8.32. The number of halogens is 2. The molecule has 2 aromatic rings. The highest BCUT2D eigenvalue weighted by Gasteiger charge is 2.18. The highest BCUT2D eigenvalue weighted by atomic mass is 19.1. The van der Waals surface area contributed by atoms with Crippen molar-refractivity contribution >= 4 is 0 Å². The van der Waals surface area contributed by atoms with E-state index in [0.717, 1.165) is 23.2 Å². The van der Waals surface area contributed by atoms with Crippen LogP contribution in [0.4, 0.5) is 8.78 Å². The van der Waals surface area contributed by atoms with E-state index in [0.29, 0.717) is 11.1 Å². The average Bonchev–Trinajstić information content (AvgIpc) is 2.44. The third-order valence-corrected chi connectivity index (χ3v) is 3.75. The third kappa shape index (κ3) is 3.30. The molecule has 2 rings (SSSR count). The Morgan fingerprint density at radius 2 is 1.57 bits per heavy atom. The van der Waals surface area contributed by atoms with Crippen LogP contribution in [0.3, 0.4) is 0 Å². The summed E-state index contributed by atoms with van der Waals surface area (Å²) in [7, 11) is 0. The summed E-state index contributed by atoms with van der Waals surface area (Å²) in [5.41, 5.74) is 4.09. The molecule has 0 aromatic heterocycles. The lowest BCUT2D eigenvalue weighted by Gasteiger charge is -2.22. The Hall–Kier alpha value is -1.74. The summed E-state index contributed by atoms with van der Waals surface area (Å²) >= 11 is 0. The van der Waals surface area contributed by atoms with E-state index < -0.39 is 0 Å². The molecule has 0 aliphatic heterocycles. The normalized spacial score (nSPS) is 12.5. The number of hydrogen-bond acceptors (Lipinski definition) is 1. The molecule has 1 atom stereocenters. The first-order chi connectivity index (χ1) is 9.93. The van der Waals surface area contributed by atoms with Crippen molar-refractivity contribution in [3.63, 3.8) is 0 Å². The van der Waals surface area contributed by atoms with Gasteiger partial charge in [-0.05, 0) is 67.3 Å². The Bertz CT molecular complexity index is 627. The predicted molar refractivity (Wildman–Crippen MR) is 82.5 cm³/mol. The number of rotatable bonds is 4. The van der Waals surface area contributed by atoms with Crippen molar-refractivity contribution in [2.45, 2.75) is 33.7 Å². The van der Waals surface area contributed by atoms with Crippen molar-refractivity contribution in [1.82, 2.24) is 5.32 Å². The Labute approximate surface area is 125 Å². The fourth-order valence-electron chi connectivity index (χ4n) is 2.68. The maximum absolute atomic E-state index is 13.8. The molecule has 0 amide bonds. The van der Waals surface area contributed by atoms with E-state index in [9.17, 15) is 8.78 Å². The van der Waals surface area contributed by atoms with E-state index in [2.05, 4.69) is 5.32 Å². The van der Waals surface area contributed by atoms with Gasteiger partial charge in [-0.15, -0.1) is 0 Å². The molecule has 1 N–H and O–H groups in total. The summed E-state index contributed by atoms with van der Waals surface area (Å²) in [6.45, 7) is 8.23. The molecule has 0 heterocycles. The van der Waals surface area contributed by atoms with Gasteiger partial charge in [0.15, 0.2) is 0 Å². The van der Waals surface area contributed by atoms with Crippen LogP contribution in [0.2, 0.25) is 0 Å². The first kappa shape index (κ1) is 15.6. The topological polar surface area (TPSA) is 12.0 Å². The molecule has 112 valence electrons. The molecular formula is C18H21F2N. The largest absolute Gasteiger partial charge is 0.307 e. The lowest BCUT2D eigenvalue weighted by molar-refractivity contribution is 0.590. The minimum Gasteiger partial charge on any atom is -0.307 e. The molecule has 0 aliphatic rings. The van der Waals surface area contributed by atoms with Crippen LogP contribution in [0.5, 0.6) is 0 Å². The summed E-state index contributed by atoms with van der Waals surface area (Å²) in [6.07, 6.45) is 0. The Kier molecular flexibility index (Phi) is 4.73. The van der Waals surface area contributed by atoms with Gasteiger partial charge in [0.1, 0.15) is 11.6 Å². The van der Waals surface area contributed by atoms with Crippen LogP contribution in [0, 0.1) is 32.4 Å². The van der Waals surface area contributed by atoms with Gasteiger partial charge in [-0.3, -0.25) is 0 Å². The molecule has 0 radical (unpaired) electrons. The molecular weight excluding hydrogens is 268 g/mol. The minimum absolute atomic E-state index is 0.135. The molecule has 1 nitrogen and oxygen atoms in total. The molecule has 0 fully saturated rings. The first-order valence-electron chi connectivity index (χ1n) is 7.20. The van der Waals surface area contributed by atoms with Crippen molar-refractivity contribution in [3.05, 3.63) is 69.8 Å². The fourth-order valence-corrected chi connectivity index (χ4v) is 2.68. The van der Waals surface area contributed by atoms with E-state index >= 15 is 0 Å². The Morgan fingerprint density at radius 1 is 0.952 bits per heavy atom. The van der Waals surface area contributed by atoms with E-state index in [1.54, 1.807) is 26.0 Å². The standard InChI is InChI=1S/C18H21F2N/c1-5-21-18(16-10-15(19)7-6-11(16)2)14-8-12(3)17(20)13(4)9-14/h6-10,18,21H,5H2,1-4H3. The summed E-state index contributed by atoms with van der Waals surface area (Å²) < 4.78 is 27.4. The summed E-state index contributed by atoms with van der Waals surface area (Å²) in [4.78, 5) is 0. The first-order valence-corrected chi connectivity index (χ1v) is 7.20. The molecule has 21 heavy (non-hydrogen) atoms. The second-order valence-electron chi connectivity index (χ2n) is 5.46. The van der Waals surface area contributed by atoms with Gasteiger partial charge in [0.05, 0.1) is 6.04 Å². The van der Waals surface area contributed by atoms with Crippen LogP contribution in [0.1, 0.15) is 40.8 Å². The van der Waals surface area contributed by atoms with E-state index in [1.807, 2.05) is 26.0 Å². The van der Waals surface area contributed by atoms with Crippen LogP contribution < -0.4 is 5.32 Å². The third-order valence-electron chi connectivity index (χ3n) is 3.75. The molecule has 0 bridgehead atoms. The lowest BCUT2D eigenvalue weighted by Crippen LogP contribution is -2.23. The average molecular weight is 289 g/mol. The van der Waals surface area contributed by atoms with Crippen molar-refractivity contribution in [2.75, 3.05) is 6.54 Å². The zero-order chi connectivity index (χ0) is 15.6. The number of nitrogens with one attached hydrogen (secondary N) is 1. The maximum atomic E-state index is 13.8. The van der Waals surface area contributed by atoms with Crippen LogP contribution in [0.15, 0.2) is 30.3 Å². The van der Waals surface area contributed by atoms with Gasteiger partial charge in [-0.2, -0.15) is 0 Å². The van der Waals surface area contributed by atoms with Crippen molar-refractivity contribution in [2.24, 2.45) is 0 Å². The van der Waals surface area contributed by atoms with Crippen molar-refractivity contribution in [1.29, 1.82) is 0 Å². The molecule has 1 unspecified atom stereocenters. The molecule has 0 saturated carbocycles. The number of benzene rings is 2. The quantitative estimate of drug-likeness (QED) is 0.868. The SMILES string of the molecule is CCNC(c1cc(C)c(F)c(C)c1)c1cc(F)ccc1C. The number of aryl methyl sites for hydroxylation is 3. The van der Waals surface area contributed by atoms with Gasteiger partial charge in [-0.1, -0.05) is 25.1 Å². The zero-order valence-electron chi connectivity index (χ0n) is 12.9. The van der Waals surface area contributed by atoms with Gasteiger partial charge >= 0.3 is 0 Å². The van der Waals surface area contributed by atoms with Crippen molar-refractivity contribution in [3.8, 4) is 0 Å². The van der Waals surface area contributed by atoms with Crippen molar-refractivity contribution < 1.29 is 8.78 Å². The molecule has 3 heteroatoms. The van der Waals surface area contributed by atoms with Gasteiger partial charge in [0.25, 0.3) is 0 Å². The Morgan fingerprint density at radius 3 is 2.14 bits per heavy atom. The molecule has 0 aliphatic carbocycles. The highest BCUT2D eigenvalue weighted by molar-refractivity contribution is 5.40. The van der Waals surface area contributed by atoms with Gasteiger partial charge < -0.3 is 5.32 Å². The highest BCUT2D eigenvalue weighted by Crippen LogP contribution is 2.28. The van der Waals surface area contributed by atoms with E-state index in [-0.39, 0.29) is 17.7 Å². The van der Waals surface area contributed by atoms with Crippen LogP contribution in [0.25, 0.3) is 0 Å². The fraction of sp³-hybridized carbons (Fsp3) is 0.333. The summed E-state index contributed by atoms with van der Waals surface area (Å²) in [5.74, 6) is -0.431. The molecule has 0 spiro atoms. The monoisotopic (exact) mass is 289 g/mol. The molecule has 0 saturated heterocycles. The second-order valence-corrected chi connectivity index (χ2v) is 5.46. The predicted octanol–water partition coefficient (Wildman–Crippen LogP) is 4.59. The van der Waals surface area contributed by atoms with Gasteiger partial charge in [-0.25, -0.2) is 8.78 Å². The lowest BCUT2D eigenvalue weighted by atomic mass is 9.92. The zero-order valence-corrected chi connectivity index (χ0v) is 12.9. The Balaban J connectivity index is 2.56. The second kappa shape index (κ2) is 6.35. The summed E-state index contributed by atoms with van der Waals surface area (Å²) in [5, 5.41) is 3.37. The van der Waals surface area contributed by atoms with Crippen LogP contribution in [-0.2, 0) is 0 Å². The van der Waals surface area contributed by atoms with Gasteiger partial charge in [0, 0.05) is 0 Å². The number of hydrogen-bond donors (Lipinski definition) is 1. The van der Waals surface area contributed by atoms with Crippen LogP contribution >= 0.6 is 0 Å². The smallest absolute Gasteiger partial charge is 0.129 e. The van der Waals surface area contributed by atoms with E-state index in [4.69, 9.17) is 0 Å². The van der Waals surface area contributed by atoms with Crippen LogP contribution in [-0.4, -0.2) is 6.54 Å². The van der Waals surface area contributed by atoms with Gasteiger partial charge in [0.2, 0.25) is 0 Å². The maximum Gasteiger partial charge on any atom is 0.129 e. The molecule has 2 aromatic carbocycles. The van der Waals surface area contributed by atoms with E-state index in [1.165, 1.54) is 6.07 Å². The minimum atomic E-state index is -0.256.